The van der Waals surface area contributed by atoms with E-state index >= 15 is 0 Å². The minimum Gasteiger partial charge on any atom is -0.496 e. The molecule has 0 saturated carbocycles. The molecule has 0 aliphatic carbocycles. The minimum absolute atomic E-state index is 0.252. The average Bonchev–Trinajstić information content (AvgIpc) is 2.29. The SMILES string of the molecule is COc1cc(OC)c(CCCC(C)N)cc1Br. The zero-order valence-electron chi connectivity index (χ0n) is 10.6. The molecule has 0 spiro atoms. The van der Waals surface area contributed by atoms with Gasteiger partial charge >= 0.3 is 0 Å². The predicted molar refractivity (Wildman–Crippen MR) is 73.8 cm³/mol. The number of rotatable bonds is 6. The van der Waals surface area contributed by atoms with E-state index in [1.54, 1.807) is 14.2 Å². The van der Waals surface area contributed by atoms with Crippen molar-refractivity contribution in [2.75, 3.05) is 14.2 Å². The smallest absolute Gasteiger partial charge is 0.136 e. The topological polar surface area (TPSA) is 44.5 Å². The summed E-state index contributed by atoms with van der Waals surface area (Å²) in [6.07, 6.45) is 3.05. The second-order valence-electron chi connectivity index (χ2n) is 4.17. The molecular formula is C13H20BrNO2. The van der Waals surface area contributed by atoms with Crippen molar-refractivity contribution in [2.24, 2.45) is 5.73 Å². The highest BCUT2D eigenvalue weighted by atomic mass is 79.9. The summed E-state index contributed by atoms with van der Waals surface area (Å²) in [4.78, 5) is 0. The van der Waals surface area contributed by atoms with Crippen LogP contribution in [0.1, 0.15) is 25.3 Å². The van der Waals surface area contributed by atoms with Gasteiger partial charge in [-0.1, -0.05) is 0 Å². The molecule has 1 atom stereocenters. The summed E-state index contributed by atoms with van der Waals surface area (Å²) in [7, 11) is 3.33. The summed E-state index contributed by atoms with van der Waals surface area (Å²) in [5, 5.41) is 0. The van der Waals surface area contributed by atoms with Gasteiger partial charge in [-0.15, -0.1) is 0 Å². The summed E-state index contributed by atoms with van der Waals surface area (Å²) < 4.78 is 11.6. The van der Waals surface area contributed by atoms with E-state index in [0.29, 0.717) is 0 Å². The van der Waals surface area contributed by atoms with Crippen molar-refractivity contribution in [3.8, 4) is 11.5 Å². The van der Waals surface area contributed by atoms with Gasteiger partial charge in [-0.25, -0.2) is 0 Å². The average molecular weight is 302 g/mol. The van der Waals surface area contributed by atoms with Crippen molar-refractivity contribution >= 4 is 15.9 Å². The van der Waals surface area contributed by atoms with E-state index in [1.165, 1.54) is 5.56 Å². The molecule has 0 aliphatic heterocycles. The van der Waals surface area contributed by atoms with Gasteiger partial charge in [0.1, 0.15) is 11.5 Å². The first-order valence-electron chi connectivity index (χ1n) is 5.74. The maximum atomic E-state index is 5.74. The second kappa shape index (κ2) is 6.87. The minimum atomic E-state index is 0.252. The first kappa shape index (κ1) is 14.3. The Kier molecular flexibility index (Phi) is 5.78. The van der Waals surface area contributed by atoms with Crippen molar-refractivity contribution < 1.29 is 9.47 Å². The van der Waals surface area contributed by atoms with Crippen LogP contribution in [0.5, 0.6) is 11.5 Å². The molecule has 3 nitrogen and oxygen atoms in total. The first-order chi connectivity index (χ1) is 8.08. The number of hydrogen-bond acceptors (Lipinski definition) is 3. The molecule has 17 heavy (non-hydrogen) atoms. The Balaban J connectivity index is 2.79. The third-order valence-electron chi connectivity index (χ3n) is 2.66. The molecule has 0 aliphatic rings. The van der Waals surface area contributed by atoms with E-state index in [4.69, 9.17) is 15.2 Å². The Morgan fingerprint density at radius 1 is 1.24 bits per heavy atom. The monoisotopic (exact) mass is 301 g/mol. The molecule has 1 rings (SSSR count). The summed E-state index contributed by atoms with van der Waals surface area (Å²) in [5.41, 5.74) is 6.92. The van der Waals surface area contributed by atoms with Crippen LogP contribution in [0.15, 0.2) is 16.6 Å². The molecule has 0 radical (unpaired) electrons. The van der Waals surface area contributed by atoms with Gasteiger partial charge in [0.25, 0.3) is 0 Å². The highest BCUT2D eigenvalue weighted by molar-refractivity contribution is 9.10. The molecule has 0 saturated heterocycles. The molecule has 1 unspecified atom stereocenters. The quantitative estimate of drug-likeness (QED) is 0.878. The van der Waals surface area contributed by atoms with Gasteiger partial charge in [0, 0.05) is 12.1 Å². The van der Waals surface area contributed by atoms with Crippen LogP contribution in [0.25, 0.3) is 0 Å². The van der Waals surface area contributed by atoms with Gasteiger partial charge in [-0.2, -0.15) is 0 Å². The van der Waals surface area contributed by atoms with E-state index < -0.39 is 0 Å². The van der Waals surface area contributed by atoms with Crippen LogP contribution >= 0.6 is 15.9 Å². The lowest BCUT2D eigenvalue weighted by Gasteiger charge is -2.12. The van der Waals surface area contributed by atoms with Gasteiger partial charge < -0.3 is 15.2 Å². The van der Waals surface area contributed by atoms with Crippen molar-refractivity contribution in [3.05, 3.63) is 22.2 Å². The Morgan fingerprint density at radius 3 is 2.41 bits per heavy atom. The molecular weight excluding hydrogens is 282 g/mol. The largest absolute Gasteiger partial charge is 0.496 e. The van der Waals surface area contributed by atoms with Crippen LogP contribution in [-0.2, 0) is 6.42 Å². The third-order valence-corrected chi connectivity index (χ3v) is 3.28. The molecule has 0 aromatic heterocycles. The number of nitrogens with two attached hydrogens (primary N) is 1. The Labute approximate surface area is 111 Å². The molecule has 0 bridgehead atoms. The molecule has 0 fully saturated rings. The van der Waals surface area contributed by atoms with Gasteiger partial charge in [0.2, 0.25) is 0 Å². The van der Waals surface area contributed by atoms with Crippen molar-refractivity contribution in [1.29, 1.82) is 0 Å². The summed E-state index contributed by atoms with van der Waals surface area (Å²) in [5.74, 6) is 1.66. The number of aryl methyl sites for hydroxylation is 1. The summed E-state index contributed by atoms with van der Waals surface area (Å²) in [6.45, 7) is 2.03. The van der Waals surface area contributed by atoms with Crippen molar-refractivity contribution in [2.45, 2.75) is 32.2 Å². The van der Waals surface area contributed by atoms with Crippen LogP contribution in [0.3, 0.4) is 0 Å². The fourth-order valence-corrected chi connectivity index (χ4v) is 2.28. The van der Waals surface area contributed by atoms with E-state index in [2.05, 4.69) is 22.0 Å². The molecule has 0 heterocycles. The number of ether oxygens (including phenoxy) is 2. The fourth-order valence-electron chi connectivity index (χ4n) is 1.73. The van der Waals surface area contributed by atoms with Crippen LogP contribution in [0.2, 0.25) is 0 Å². The standard InChI is InChI=1S/C13H20BrNO2/c1-9(15)5-4-6-10-7-11(14)13(17-3)8-12(10)16-2/h7-9H,4-6,15H2,1-3H3. The van der Waals surface area contributed by atoms with E-state index in [0.717, 1.165) is 35.2 Å². The molecule has 1 aromatic carbocycles. The summed E-state index contributed by atoms with van der Waals surface area (Å²) in [6, 6.07) is 4.21. The Bertz CT molecular complexity index is 367. The lowest BCUT2D eigenvalue weighted by molar-refractivity contribution is 0.388. The van der Waals surface area contributed by atoms with E-state index in [9.17, 15) is 0 Å². The molecule has 4 heteroatoms. The molecule has 96 valence electrons. The predicted octanol–water partition coefficient (Wildman–Crippen LogP) is 3.14. The lowest BCUT2D eigenvalue weighted by atomic mass is 10.0. The summed E-state index contributed by atoms with van der Waals surface area (Å²) >= 11 is 3.49. The number of methoxy groups -OCH3 is 2. The Hall–Kier alpha value is -0.740. The Morgan fingerprint density at radius 2 is 1.88 bits per heavy atom. The number of hydrogen-bond donors (Lipinski definition) is 1. The number of halogens is 1. The van der Waals surface area contributed by atoms with Crippen LogP contribution in [-0.4, -0.2) is 20.3 Å². The highest BCUT2D eigenvalue weighted by Gasteiger charge is 2.09. The van der Waals surface area contributed by atoms with Gasteiger partial charge in [0.15, 0.2) is 0 Å². The molecule has 2 N–H and O–H groups in total. The first-order valence-corrected chi connectivity index (χ1v) is 6.53. The zero-order chi connectivity index (χ0) is 12.8. The normalized spacial score (nSPS) is 12.3. The fraction of sp³-hybridized carbons (Fsp3) is 0.538. The zero-order valence-corrected chi connectivity index (χ0v) is 12.2. The third kappa shape index (κ3) is 4.21. The molecule has 1 aromatic rings. The molecule has 0 amide bonds. The number of benzene rings is 1. The maximum absolute atomic E-state index is 5.74. The van der Waals surface area contributed by atoms with Gasteiger partial charge in [-0.05, 0) is 53.7 Å². The van der Waals surface area contributed by atoms with E-state index in [-0.39, 0.29) is 6.04 Å². The van der Waals surface area contributed by atoms with E-state index in [1.807, 2.05) is 13.0 Å². The van der Waals surface area contributed by atoms with Crippen LogP contribution in [0, 0.1) is 0 Å². The van der Waals surface area contributed by atoms with Crippen LogP contribution < -0.4 is 15.2 Å². The van der Waals surface area contributed by atoms with Crippen molar-refractivity contribution in [3.63, 3.8) is 0 Å². The highest BCUT2D eigenvalue weighted by Crippen LogP contribution is 2.33. The van der Waals surface area contributed by atoms with Crippen molar-refractivity contribution in [1.82, 2.24) is 0 Å². The maximum Gasteiger partial charge on any atom is 0.136 e. The lowest BCUT2D eigenvalue weighted by Crippen LogP contribution is -2.14. The second-order valence-corrected chi connectivity index (χ2v) is 5.02. The van der Waals surface area contributed by atoms with Crippen LogP contribution in [0.4, 0.5) is 0 Å². The van der Waals surface area contributed by atoms with Gasteiger partial charge in [0.05, 0.1) is 18.7 Å². The van der Waals surface area contributed by atoms with Gasteiger partial charge in [-0.3, -0.25) is 0 Å².